The Hall–Kier alpha value is 0.177. The summed E-state index contributed by atoms with van der Waals surface area (Å²) in [5.41, 5.74) is 1.00. The summed E-state index contributed by atoms with van der Waals surface area (Å²) in [5, 5.41) is 0. The van der Waals surface area contributed by atoms with E-state index in [1.54, 1.807) is 0 Å². The molecular formula is C9H22OSi. The second kappa shape index (κ2) is 4.26. The molecule has 0 aliphatic carbocycles. The zero-order valence-electron chi connectivity index (χ0n) is 8.52. The van der Waals surface area contributed by atoms with Crippen molar-refractivity contribution in [3.63, 3.8) is 0 Å². The van der Waals surface area contributed by atoms with E-state index in [0.29, 0.717) is 11.1 Å². The maximum Gasteiger partial charge on any atom is 0.193 e. The molecule has 0 heterocycles. The van der Waals surface area contributed by atoms with E-state index < -0.39 is 8.32 Å². The first-order valence-corrected chi connectivity index (χ1v) is 6.98. The molecular weight excluding hydrogens is 152 g/mol. The highest BCUT2D eigenvalue weighted by Crippen LogP contribution is 2.33. The van der Waals surface area contributed by atoms with Gasteiger partial charge in [0.05, 0.1) is 0 Å². The average molecular weight is 174 g/mol. The van der Waals surface area contributed by atoms with E-state index in [1.807, 2.05) is 0 Å². The lowest BCUT2D eigenvalue weighted by Gasteiger charge is -2.32. The normalized spacial score (nSPS) is 13.1. The van der Waals surface area contributed by atoms with Crippen LogP contribution in [0.25, 0.3) is 0 Å². The van der Waals surface area contributed by atoms with Crippen molar-refractivity contribution in [3.8, 4) is 0 Å². The first kappa shape index (κ1) is 11.2. The standard InChI is InChI=1S/C9H22OSi/c1-6-7-11(10,8(2)3)9(4)5/h8-10H,6-7H2,1-5H3. The molecule has 11 heavy (non-hydrogen) atoms. The Morgan fingerprint density at radius 1 is 1.09 bits per heavy atom. The van der Waals surface area contributed by atoms with Crippen LogP contribution < -0.4 is 0 Å². The molecule has 0 saturated carbocycles. The van der Waals surface area contributed by atoms with Crippen molar-refractivity contribution in [1.82, 2.24) is 0 Å². The number of hydrogen-bond donors (Lipinski definition) is 1. The fourth-order valence-corrected chi connectivity index (χ4v) is 4.93. The molecule has 0 aromatic carbocycles. The highest BCUT2D eigenvalue weighted by Gasteiger charge is 2.36. The summed E-state index contributed by atoms with van der Waals surface area (Å²) in [4.78, 5) is 10.3. The molecule has 0 aliphatic heterocycles. The van der Waals surface area contributed by atoms with Gasteiger partial charge in [-0.2, -0.15) is 0 Å². The molecule has 0 rings (SSSR count). The van der Waals surface area contributed by atoms with Gasteiger partial charge in [-0.25, -0.2) is 0 Å². The summed E-state index contributed by atoms with van der Waals surface area (Å²) in [6.07, 6.45) is 1.12. The monoisotopic (exact) mass is 174 g/mol. The van der Waals surface area contributed by atoms with Crippen molar-refractivity contribution in [2.45, 2.75) is 58.2 Å². The number of rotatable bonds is 4. The quantitative estimate of drug-likeness (QED) is 0.649. The Kier molecular flexibility index (Phi) is 4.33. The van der Waals surface area contributed by atoms with E-state index in [2.05, 4.69) is 34.6 Å². The Bertz CT molecular complexity index is 102. The van der Waals surface area contributed by atoms with Gasteiger partial charge in [-0.15, -0.1) is 0 Å². The van der Waals surface area contributed by atoms with Crippen LogP contribution in [-0.2, 0) is 0 Å². The van der Waals surface area contributed by atoms with Crippen LogP contribution in [0.3, 0.4) is 0 Å². The lowest BCUT2D eigenvalue weighted by Crippen LogP contribution is -2.40. The van der Waals surface area contributed by atoms with Gasteiger partial charge in [-0.1, -0.05) is 41.0 Å². The Balaban J connectivity index is 4.26. The summed E-state index contributed by atoms with van der Waals surface area (Å²) in [5.74, 6) is 0. The lowest BCUT2D eigenvalue weighted by atomic mass is 10.5. The summed E-state index contributed by atoms with van der Waals surface area (Å²) in [7, 11) is -1.90. The zero-order valence-corrected chi connectivity index (χ0v) is 9.52. The van der Waals surface area contributed by atoms with Crippen LogP contribution in [0.5, 0.6) is 0 Å². The Labute approximate surface area is 72.0 Å². The van der Waals surface area contributed by atoms with Crippen molar-refractivity contribution in [2.75, 3.05) is 0 Å². The third-order valence-corrected chi connectivity index (χ3v) is 7.95. The van der Waals surface area contributed by atoms with E-state index in [0.717, 1.165) is 12.5 Å². The first-order chi connectivity index (χ1) is 4.95. The van der Waals surface area contributed by atoms with Crippen molar-refractivity contribution in [2.24, 2.45) is 0 Å². The first-order valence-electron chi connectivity index (χ1n) is 4.67. The van der Waals surface area contributed by atoms with Crippen LogP contribution in [0, 0.1) is 0 Å². The fourth-order valence-electron chi connectivity index (χ4n) is 1.64. The highest BCUT2D eigenvalue weighted by molar-refractivity contribution is 6.75. The molecule has 0 fully saturated rings. The van der Waals surface area contributed by atoms with Gasteiger partial charge in [-0.3, -0.25) is 0 Å². The van der Waals surface area contributed by atoms with Crippen LogP contribution in [0.2, 0.25) is 17.1 Å². The van der Waals surface area contributed by atoms with Crippen molar-refractivity contribution in [3.05, 3.63) is 0 Å². The lowest BCUT2D eigenvalue weighted by molar-refractivity contribution is 0.488. The van der Waals surface area contributed by atoms with Gasteiger partial charge >= 0.3 is 0 Å². The van der Waals surface area contributed by atoms with Gasteiger partial charge in [0.25, 0.3) is 0 Å². The van der Waals surface area contributed by atoms with Crippen molar-refractivity contribution >= 4 is 8.32 Å². The van der Waals surface area contributed by atoms with E-state index in [1.165, 1.54) is 0 Å². The molecule has 0 bridgehead atoms. The zero-order chi connectivity index (χ0) is 9.07. The van der Waals surface area contributed by atoms with Crippen molar-refractivity contribution < 1.29 is 4.80 Å². The Morgan fingerprint density at radius 3 is 1.55 bits per heavy atom. The maximum absolute atomic E-state index is 10.3. The number of hydrogen-bond acceptors (Lipinski definition) is 1. The van der Waals surface area contributed by atoms with Crippen LogP contribution in [0.4, 0.5) is 0 Å². The van der Waals surface area contributed by atoms with E-state index >= 15 is 0 Å². The van der Waals surface area contributed by atoms with Crippen LogP contribution >= 0.6 is 0 Å². The molecule has 1 nitrogen and oxygen atoms in total. The molecule has 1 N–H and O–H groups in total. The van der Waals surface area contributed by atoms with Crippen molar-refractivity contribution in [1.29, 1.82) is 0 Å². The SMILES string of the molecule is CCC[Si](O)(C(C)C)C(C)C. The summed E-state index contributed by atoms with van der Waals surface area (Å²) in [6, 6.07) is 1.06. The predicted molar refractivity (Wildman–Crippen MR) is 53.3 cm³/mol. The second-order valence-corrected chi connectivity index (χ2v) is 8.84. The topological polar surface area (TPSA) is 20.2 Å². The summed E-state index contributed by atoms with van der Waals surface area (Å²) >= 11 is 0. The molecule has 0 amide bonds. The predicted octanol–water partition coefficient (Wildman–Crippen LogP) is 3.15. The van der Waals surface area contributed by atoms with Gasteiger partial charge in [0.2, 0.25) is 0 Å². The summed E-state index contributed by atoms with van der Waals surface area (Å²) in [6.45, 7) is 10.8. The molecule has 0 aromatic rings. The van der Waals surface area contributed by atoms with E-state index in [9.17, 15) is 4.80 Å². The average Bonchev–Trinajstić information content (AvgIpc) is 1.87. The molecule has 0 aromatic heterocycles. The molecule has 2 heteroatoms. The largest absolute Gasteiger partial charge is 0.431 e. The van der Waals surface area contributed by atoms with Crippen LogP contribution in [0.1, 0.15) is 41.0 Å². The highest BCUT2D eigenvalue weighted by atomic mass is 28.4. The molecule has 0 aliphatic rings. The van der Waals surface area contributed by atoms with Crippen LogP contribution in [-0.4, -0.2) is 13.1 Å². The Morgan fingerprint density at radius 2 is 1.45 bits per heavy atom. The summed E-state index contributed by atoms with van der Waals surface area (Å²) < 4.78 is 0. The second-order valence-electron chi connectivity index (χ2n) is 4.05. The third kappa shape index (κ3) is 2.60. The molecule has 0 unspecified atom stereocenters. The third-order valence-electron chi connectivity index (χ3n) is 2.65. The van der Waals surface area contributed by atoms with Gasteiger partial charge in [-0.05, 0) is 17.1 Å². The fraction of sp³-hybridized carbons (Fsp3) is 1.00. The van der Waals surface area contributed by atoms with Gasteiger partial charge < -0.3 is 4.80 Å². The van der Waals surface area contributed by atoms with Gasteiger partial charge in [0.1, 0.15) is 0 Å². The van der Waals surface area contributed by atoms with E-state index in [4.69, 9.17) is 0 Å². The molecule has 0 spiro atoms. The molecule has 0 radical (unpaired) electrons. The minimum Gasteiger partial charge on any atom is -0.431 e. The van der Waals surface area contributed by atoms with Crippen LogP contribution in [0.15, 0.2) is 0 Å². The molecule has 68 valence electrons. The molecule has 0 atom stereocenters. The van der Waals surface area contributed by atoms with Gasteiger partial charge in [0.15, 0.2) is 8.32 Å². The maximum atomic E-state index is 10.3. The minimum absolute atomic E-state index is 0.502. The van der Waals surface area contributed by atoms with Gasteiger partial charge in [0, 0.05) is 0 Å². The minimum atomic E-state index is -1.90. The van der Waals surface area contributed by atoms with E-state index in [-0.39, 0.29) is 0 Å². The smallest absolute Gasteiger partial charge is 0.193 e. The molecule has 0 saturated heterocycles.